The van der Waals surface area contributed by atoms with Gasteiger partial charge in [-0.15, -0.1) is 0 Å². The molecule has 2 aliphatic rings. The van der Waals surface area contributed by atoms with Gasteiger partial charge in [0, 0.05) is 5.57 Å². The summed E-state index contributed by atoms with van der Waals surface area (Å²) < 4.78 is 19.1. The zero-order valence-corrected chi connectivity index (χ0v) is 23.4. The number of allylic oxidation sites excluding steroid dienone is 1. The number of benzene rings is 3. The van der Waals surface area contributed by atoms with Crippen molar-refractivity contribution in [3.8, 4) is 0 Å². The Kier molecular flexibility index (Phi) is 8.61. The van der Waals surface area contributed by atoms with E-state index in [1.54, 1.807) is 12.1 Å². The number of nitrogens with zero attached hydrogens (tertiary/aromatic N) is 1. The van der Waals surface area contributed by atoms with Crippen molar-refractivity contribution >= 4 is 52.2 Å². The number of β-lactam (4-membered cyclic amide) rings is 1. The van der Waals surface area contributed by atoms with Gasteiger partial charge in [-0.3, -0.25) is 14.5 Å². The summed E-state index contributed by atoms with van der Waals surface area (Å²) in [5.41, 5.74) is 2.34. The van der Waals surface area contributed by atoms with E-state index < -0.39 is 46.5 Å². The topological polar surface area (TPSA) is 98.8 Å². The van der Waals surface area contributed by atoms with Crippen molar-refractivity contribution in [1.82, 2.24) is 10.2 Å². The Morgan fingerprint density at radius 3 is 2.08 bits per heavy atom. The molecule has 2 heterocycles. The summed E-state index contributed by atoms with van der Waals surface area (Å²) in [4.78, 5) is 41.0. The van der Waals surface area contributed by atoms with E-state index in [9.17, 15) is 18.9 Å². The second kappa shape index (κ2) is 12.3. The summed E-state index contributed by atoms with van der Waals surface area (Å²) >= 11 is 10.2. The van der Waals surface area contributed by atoms with Crippen molar-refractivity contribution in [2.75, 3.05) is 5.75 Å². The van der Waals surface area contributed by atoms with Crippen molar-refractivity contribution in [1.29, 1.82) is 0 Å². The molecule has 0 spiro atoms. The number of carbonyl (C=O) groups is 3. The van der Waals surface area contributed by atoms with Gasteiger partial charge < -0.3 is 14.6 Å². The summed E-state index contributed by atoms with van der Waals surface area (Å²) in [6, 6.07) is 26.4. The molecule has 5 rings (SSSR count). The van der Waals surface area contributed by atoms with E-state index in [2.05, 4.69) is 5.32 Å². The van der Waals surface area contributed by atoms with Crippen LogP contribution in [0.5, 0.6) is 0 Å². The highest BCUT2D eigenvalue weighted by Gasteiger charge is 2.61. The maximum absolute atomic E-state index is 13.8. The minimum absolute atomic E-state index is 0.0559. The molecule has 2 unspecified atom stereocenters. The van der Waals surface area contributed by atoms with Crippen LogP contribution in [0.4, 0.5) is 0 Å². The molecule has 204 valence electrons. The fraction of sp³-hybridized carbons (Fsp3) is 0.167. The summed E-state index contributed by atoms with van der Waals surface area (Å²) in [5, 5.41) is 1.75. The van der Waals surface area contributed by atoms with Gasteiger partial charge in [-0.05, 0) is 33.9 Å². The second-order valence-corrected chi connectivity index (χ2v) is 11.8. The number of carbonyl (C=O) groups excluding carboxylic acids is 3. The van der Waals surface area contributed by atoms with E-state index in [0.717, 1.165) is 21.6 Å². The van der Waals surface area contributed by atoms with Gasteiger partial charge >= 0.3 is 5.97 Å². The summed E-state index contributed by atoms with van der Waals surface area (Å²) in [6.07, 6.45) is 0.575. The molecule has 2 amide bonds. The van der Waals surface area contributed by atoms with Gasteiger partial charge in [0.2, 0.25) is 11.3 Å². The SMILES string of the molecule is O=C(Cc1ccccc1)NC1C(=O)N2C(C(=O)OC(c3ccccc3)c3ccccc3)=C(C=C(Cl)Cl)C[S+]([O-])[C@H]12. The quantitative estimate of drug-likeness (QED) is 0.234. The van der Waals surface area contributed by atoms with Crippen LogP contribution in [0.25, 0.3) is 0 Å². The number of halogens is 2. The van der Waals surface area contributed by atoms with Crippen molar-refractivity contribution in [2.45, 2.75) is 23.9 Å². The van der Waals surface area contributed by atoms with E-state index >= 15 is 0 Å². The lowest BCUT2D eigenvalue weighted by atomic mass is 10.0. The third-order valence-electron chi connectivity index (χ3n) is 6.59. The van der Waals surface area contributed by atoms with Gasteiger partial charge in [0.25, 0.3) is 5.91 Å². The number of hydrogen-bond acceptors (Lipinski definition) is 5. The standard InChI is InChI=1S/C30H24Cl2N2O5S/c31-23(32)17-22-18-40(38)29-25(33-24(35)16-19-10-4-1-5-11-19)28(36)34(29)26(22)30(37)39-27(20-12-6-2-7-13-20)21-14-8-3-9-15-21/h1-15,17,25,27,29H,16,18H2,(H,33,35)/t25?,29-,40?/m1/s1. The Hall–Kier alpha value is -3.56. The number of fused-ring (bicyclic) bond motifs is 1. The predicted molar refractivity (Wildman–Crippen MR) is 153 cm³/mol. The van der Waals surface area contributed by atoms with Gasteiger partial charge in [0.05, 0.1) is 6.42 Å². The summed E-state index contributed by atoms with van der Waals surface area (Å²) in [7, 11) is 0. The summed E-state index contributed by atoms with van der Waals surface area (Å²) in [5.74, 6) is -1.87. The molecule has 3 aromatic carbocycles. The molecule has 1 fully saturated rings. The van der Waals surface area contributed by atoms with Crippen LogP contribution in [0.2, 0.25) is 0 Å². The fourth-order valence-corrected chi connectivity index (χ4v) is 6.68. The van der Waals surface area contributed by atoms with Crippen LogP contribution < -0.4 is 5.32 Å². The van der Waals surface area contributed by atoms with E-state index in [1.807, 2.05) is 78.9 Å². The lowest BCUT2D eigenvalue weighted by Crippen LogP contribution is -2.74. The maximum atomic E-state index is 13.8. The third-order valence-corrected chi connectivity index (χ3v) is 8.42. The van der Waals surface area contributed by atoms with E-state index in [-0.39, 0.29) is 27.9 Å². The van der Waals surface area contributed by atoms with E-state index in [1.165, 1.54) is 6.08 Å². The Morgan fingerprint density at radius 1 is 0.975 bits per heavy atom. The van der Waals surface area contributed by atoms with Crippen LogP contribution in [0.3, 0.4) is 0 Å². The van der Waals surface area contributed by atoms with Crippen molar-refractivity contribution in [2.24, 2.45) is 0 Å². The molecule has 1 saturated heterocycles. The van der Waals surface area contributed by atoms with Gasteiger partial charge in [-0.1, -0.05) is 114 Å². The predicted octanol–water partition coefficient (Wildman–Crippen LogP) is 4.55. The van der Waals surface area contributed by atoms with Crippen molar-refractivity contribution in [3.63, 3.8) is 0 Å². The van der Waals surface area contributed by atoms with Gasteiger partial charge in [0.1, 0.15) is 15.9 Å². The minimum atomic E-state index is -1.65. The van der Waals surface area contributed by atoms with Crippen LogP contribution in [0, 0.1) is 0 Å². The van der Waals surface area contributed by atoms with Crippen LogP contribution >= 0.6 is 23.2 Å². The smallest absolute Gasteiger partial charge is 0.356 e. The van der Waals surface area contributed by atoms with Gasteiger partial charge in [-0.2, -0.15) is 0 Å². The first-order chi connectivity index (χ1) is 19.3. The molecule has 10 heteroatoms. The first-order valence-electron chi connectivity index (χ1n) is 12.4. The molecule has 0 saturated carbocycles. The average molecular weight is 596 g/mol. The largest absolute Gasteiger partial charge is 0.614 e. The maximum Gasteiger partial charge on any atom is 0.356 e. The third kappa shape index (κ3) is 5.95. The lowest BCUT2D eigenvalue weighted by molar-refractivity contribution is -0.155. The molecule has 1 N–H and O–H groups in total. The molecule has 2 aliphatic heterocycles. The molecular weight excluding hydrogens is 571 g/mol. The fourth-order valence-electron chi connectivity index (χ4n) is 4.79. The molecule has 3 aromatic rings. The van der Waals surface area contributed by atoms with E-state index in [4.69, 9.17) is 27.9 Å². The highest BCUT2D eigenvalue weighted by molar-refractivity contribution is 7.92. The number of esters is 1. The molecule has 0 bridgehead atoms. The Balaban J connectivity index is 1.43. The summed E-state index contributed by atoms with van der Waals surface area (Å²) in [6.45, 7) is 0. The van der Waals surface area contributed by atoms with Crippen LogP contribution in [0.1, 0.15) is 22.8 Å². The zero-order valence-electron chi connectivity index (χ0n) is 21.0. The first-order valence-corrected chi connectivity index (χ1v) is 14.6. The lowest BCUT2D eigenvalue weighted by Gasteiger charge is -2.49. The van der Waals surface area contributed by atoms with Gasteiger partial charge in [-0.25, -0.2) is 4.79 Å². The molecule has 0 aliphatic carbocycles. The normalized spacial score (nSPS) is 19.9. The molecular formula is C30H24Cl2N2O5S. The highest BCUT2D eigenvalue weighted by atomic mass is 35.5. The van der Waals surface area contributed by atoms with Crippen LogP contribution in [-0.4, -0.2) is 44.4 Å². The van der Waals surface area contributed by atoms with Crippen molar-refractivity contribution in [3.05, 3.63) is 130 Å². The average Bonchev–Trinajstić information content (AvgIpc) is 2.95. The molecule has 3 atom stereocenters. The highest BCUT2D eigenvalue weighted by Crippen LogP contribution is 2.39. The first kappa shape index (κ1) is 28.0. The van der Waals surface area contributed by atoms with Crippen LogP contribution in [-0.2, 0) is 36.7 Å². The minimum Gasteiger partial charge on any atom is -0.614 e. The Bertz CT molecular complexity index is 1420. The number of rotatable bonds is 8. The monoisotopic (exact) mass is 594 g/mol. The Morgan fingerprint density at radius 2 is 1.52 bits per heavy atom. The van der Waals surface area contributed by atoms with Gasteiger partial charge in [0.15, 0.2) is 12.1 Å². The van der Waals surface area contributed by atoms with Crippen LogP contribution in [0.15, 0.2) is 113 Å². The second-order valence-electron chi connectivity index (χ2n) is 9.25. The van der Waals surface area contributed by atoms with Crippen molar-refractivity contribution < 1.29 is 23.7 Å². The zero-order chi connectivity index (χ0) is 28.2. The Labute approximate surface area is 244 Å². The number of nitrogens with one attached hydrogen (secondary N) is 1. The number of ether oxygens (including phenoxy) is 1. The van der Waals surface area contributed by atoms with E-state index in [0.29, 0.717) is 0 Å². The number of amides is 2. The molecule has 7 nitrogen and oxygen atoms in total. The molecule has 0 radical (unpaired) electrons. The molecule has 40 heavy (non-hydrogen) atoms. The molecule has 0 aromatic heterocycles. The number of hydrogen-bond donors (Lipinski definition) is 1.